The molecule has 0 amide bonds. The van der Waals surface area contributed by atoms with E-state index in [0.717, 1.165) is 24.7 Å². The number of thiophene rings is 1. The number of pyridine rings is 1. The molecule has 1 aromatic carbocycles. The van der Waals surface area contributed by atoms with Gasteiger partial charge in [-0.1, -0.05) is 6.07 Å². The Labute approximate surface area is 170 Å². The van der Waals surface area contributed by atoms with E-state index >= 15 is 0 Å². The third-order valence-electron chi connectivity index (χ3n) is 5.14. The molecule has 0 saturated carbocycles. The Morgan fingerprint density at radius 1 is 1.10 bits per heavy atom. The lowest BCUT2D eigenvalue weighted by Crippen LogP contribution is -2.20. The van der Waals surface area contributed by atoms with E-state index in [1.54, 1.807) is 6.07 Å². The fourth-order valence-corrected chi connectivity index (χ4v) is 5.03. The first-order chi connectivity index (χ1) is 14.2. The van der Waals surface area contributed by atoms with Crippen LogP contribution in [0.5, 0.6) is 5.75 Å². The number of benzene rings is 1. The average Bonchev–Trinajstić information content (AvgIpc) is 3.11. The molecule has 0 bridgehead atoms. The molecule has 4 aromatic rings. The Bertz CT molecular complexity index is 1250. The zero-order valence-electron chi connectivity index (χ0n) is 15.6. The summed E-state index contributed by atoms with van der Waals surface area (Å²) in [5.41, 5.74) is 2.52. The number of nitrogens with zero attached hydrogens (tertiary/aromatic N) is 3. The predicted molar refractivity (Wildman–Crippen MR) is 110 cm³/mol. The van der Waals surface area contributed by atoms with Gasteiger partial charge in [0.25, 0.3) is 5.56 Å². The van der Waals surface area contributed by atoms with Crippen molar-refractivity contribution in [2.75, 3.05) is 0 Å². The van der Waals surface area contributed by atoms with Crippen LogP contribution < -0.4 is 10.3 Å². The van der Waals surface area contributed by atoms with Crippen LogP contribution in [-0.2, 0) is 19.4 Å². The van der Waals surface area contributed by atoms with Crippen LogP contribution in [0.25, 0.3) is 15.8 Å². The number of aromatic nitrogens is 3. The summed E-state index contributed by atoms with van der Waals surface area (Å²) in [6.07, 6.45) is 7.43. The lowest BCUT2D eigenvalue weighted by atomic mass is 9.96. The van der Waals surface area contributed by atoms with E-state index < -0.39 is 5.82 Å². The molecule has 0 fully saturated rings. The van der Waals surface area contributed by atoms with Gasteiger partial charge in [-0.15, -0.1) is 11.3 Å². The number of fused-ring (bicyclic) bond motifs is 3. The van der Waals surface area contributed by atoms with Crippen molar-refractivity contribution in [1.82, 2.24) is 14.8 Å². The molecular weight excluding hydrogens is 389 g/mol. The minimum Gasteiger partial charge on any atom is -0.485 e. The van der Waals surface area contributed by atoms with Gasteiger partial charge in [0.05, 0.1) is 23.8 Å². The van der Waals surface area contributed by atoms with Crippen LogP contribution in [0.1, 0.15) is 29.0 Å². The summed E-state index contributed by atoms with van der Waals surface area (Å²) in [7, 11) is 0. The van der Waals surface area contributed by atoms with E-state index in [1.807, 2.05) is 23.5 Å². The Kier molecular flexibility index (Phi) is 4.60. The van der Waals surface area contributed by atoms with Crippen molar-refractivity contribution < 1.29 is 9.13 Å². The van der Waals surface area contributed by atoms with Gasteiger partial charge in [0, 0.05) is 15.6 Å². The topological polar surface area (TPSA) is 57.0 Å². The minimum absolute atomic E-state index is 0.137. The van der Waals surface area contributed by atoms with E-state index in [1.165, 1.54) is 56.4 Å². The quantitative estimate of drug-likeness (QED) is 0.502. The summed E-state index contributed by atoms with van der Waals surface area (Å²) in [6.45, 7) is 0.137. The number of halogens is 1. The molecule has 0 N–H and O–H groups in total. The van der Waals surface area contributed by atoms with Crippen molar-refractivity contribution in [2.45, 2.75) is 32.3 Å². The van der Waals surface area contributed by atoms with Crippen LogP contribution >= 0.6 is 11.3 Å². The Morgan fingerprint density at radius 2 is 2.00 bits per heavy atom. The highest BCUT2D eigenvalue weighted by molar-refractivity contribution is 7.19. The molecule has 0 aliphatic heterocycles. The third-order valence-corrected chi connectivity index (χ3v) is 6.39. The molecule has 0 saturated heterocycles. The summed E-state index contributed by atoms with van der Waals surface area (Å²) < 4.78 is 21.1. The van der Waals surface area contributed by atoms with Gasteiger partial charge in [0.2, 0.25) is 0 Å². The Morgan fingerprint density at radius 3 is 2.83 bits per heavy atom. The second-order valence-corrected chi connectivity index (χ2v) is 8.23. The Hall–Kier alpha value is -3.06. The van der Waals surface area contributed by atoms with Crippen LogP contribution in [0.3, 0.4) is 0 Å². The molecule has 7 heteroatoms. The maximum absolute atomic E-state index is 12.9. The van der Waals surface area contributed by atoms with Crippen LogP contribution in [0.2, 0.25) is 0 Å². The monoisotopic (exact) mass is 407 g/mol. The van der Waals surface area contributed by atoms with Crippen molar-refractivity contribution in [3.63, 3.8) is 0 Å². The molecule has 0 unspecified atom stereocenters. The zero-order valence-corrected chi connectivity index (χ0v) is 16.4. The van der Waals surface area contributed by atoms with E-state index in [0.29, 0.717) is 11.4 Å². The fourth-order valence-electron chi connectivity index (χ4n) is 3.70. The predicted octanol–water partition coefficient (Wildman–Crippen LogP) is 4.44. The summed E-state index contributed by atoms with van der Waals surface area (Å²) in [4.78, 5) is 18.0. The molecule has 1 aliphatic carbocycles. The average molecular weight is 407 g/mol. The second kappa shape index (κ2) is 7.40. The first-order valence-electron chi connectivity index (χ1n) is 9.55. The molecule has 29 heavy (non-hydrogen) atoms. The minimum atomic E-state index is -0.401. The van der Waals surface area contributed by atoms with Gasteiger partial charge < -0.3 is 4.74 Å². The van der Waals surface area contributed by atoms with Gasteiger partial charge in [0.15, 0.2) is 0 Å². The number of rotatable bonds is 4. The Balaban J connectivity index is 1.39. The number of hydrogen-bond donors (Lipinski definition) is 0. The molecule has 0 spiro atoms. The van der Waals surface area contributed by atoms with Crippen molar-refractivity contribution in [1.29, 1.82) is 0 Å². The van der Waals surface area contributed by atoms with Crippen LogP contribution in [0.4, 0.5) is 4.39 Å². The molecule has 0 radical (unpaired) electrons. The second-order valence-electron chi connectivity index (χ2n) is 7.09. The van der Waals surface area contributed by atoms with E-state index in [4.69, 9.17) is 4.74 Å². The summed E-state index contributed by atoms with van der Waals surface area (Å²) in [5.74, 6) is -0.0494. The van der Waals surface area contributed by atoms with Crippen molar-refractivity contribution in [3.05, 3.63) is 81.1 Å². The summed E-state index contributed by atoms with van der Waals surface area (Å²) >= 11 is 1.82. The van der Waals surface area contributed by atoms with Crippen molar-refractivity contribution in [3.8, 4) is 11.4 Å². The molecule has 3 heterocycles. The highest BCUT2D eigenvalue weighted by Crippen LogP contribution is 2.37. The van der Waals surface area contributed by atoms with Crippen LogP contribution in [-0.4, -0.2) is 14.8 Å². The van der Waals surface area contributed by atoms with Crippen molar-refractivity contribution in [2.24, 2.45) is 0 Å². The molecule has 1 aliphatic rings. The smallest absolute Gasteiger partial charge is 0.275 e. The number of aryl methyl sites for hydroxylation is 2. The maximum atomic E-state index is 12.9. The van der Waals surface area contributed by atoms with Crippen LogP contribution in [0, 0.1) is 5.82 Å². The van der Waals surface area contributed by atoms with Gasteiger partial charge in [-0.05, 0) is 60.9 Å². The first kappa shape index (κ1) is 18.0. The largest absolute Gasteiger partial charge is 0.485 e. The molecule has 3 aromatic heterocycles. The van der Waals surface area contributed by atoms with Gasteiger partial charge >= 0.3 is 0 Å². The van der Waals surface area contributed by atoms with Gasteiger partial charge in [-0.25, -0.2) is 4.39 Å². The normalized spacial score (nSPS) is 13.4. The van der Waals surface area contributed by atoms with Gasteiger partial charge in [-0.3, -0.25) is 9.78 Å². The van der Waals surface area contributed by atoms with Crippen LogP contribution in [0.15, 0.2) is 53.6 Å². The van der Waals surface area contributed by atoms with E-state index in [9.17, 15) is 9.18 Å². The van der Waals surface area contributed by atoms with Gasteiger partial charge in [-0.2, -0.15) is 9.78 Å². The van der Waals surface area contributed by atoms with E-state index in [-0.39, 0.29) is 12.2 Å². The first-order valence-corrected chi connectivity index (χ1v) is 10.4. The fraction of sp³-hybridized carbons (Fsp3) is 0.227. The zero-order chi connectivity index (χ0) is 19.8. The summed E-state index contributed by atoms with van der Waals surface area (Å²) in [5, 5.41) is 5.57. The molecule has 5 rings (SSSR count). The molecule has 0 atom stereocenters. The summed E-state index contributed by atoms with van der Waals surface area (Å²) in [6, 6.07) is 10.3. The van der Waals surface area contributed by atoms with Gasteiger partial charge in [0.1, 0.15) is 18.2 Å². The number of hydrogen-bond acceptors (Lipinski definition) is 5. The molecule has 146 valence electrons. The SMILES string of the molecule is O=c1cc(OCc2ccc(F)cn2)cnn1-c1ccc2c3c(sc2c1)CCCC3. The highest BCUT2D eigenvalue weighted by Gasteiger charge is 2.16. The molecular formula is C22H18FN3O2S. The maximum Gasteiger partial charge on any atom is 0.275 e. The van der Waals surface area contributed by atoms with E-state index in [2.05, 4.69) is 16.1 Å². The lowest BCUT2D eigenvalue weighted by molar-refractivity contribution is 0.298. The molecule has 5 nitrogen and oxygen atoms in total. The van der Waals surface area contributed by atoms with Crippen molar-refractivity contribution >= 4 is 21.4 Å². The number of ether oxygens (including phenoxy) is 1. The highest BCUT2D eigenvalue weighted by atomic mass is 32.1. The third kappa shape index (κ3) is 3.53. The standard InChI is InChI=1S/C22H18FN3O2S/c23-14-5-6-15(24-11-14)13-28-17-10-22(27)26(25-12-17)16-7-8-19-18-3-1-2-4-20(18)29-21(19)9-16/h5-12H,1-4,13H2. The lowest BCUT2D eigenvalue weighted by Gasteiger charge is -2.10.